The van der Waals surface area contributed by atoms with Crippen LogP contribution >= 0.6 is 11.6 Å². The quantitative estimate of drug-likeness (QED) is 0.788. The molecule has 1 amide bonds. The second-order valence-corrected chi connectivity index (χ2v) is 6.03. The first-order chi connectivity index (χ1) is 10.3. The molecule has 1 aromatic heterocycles. The Labute approximate surface area is 130 Å². The van der Waals surface area contributed by atoms with Crippen molar-refractivity contribution in [3.63, 3.8) is 0 Å². The predicted molar refractivity (Wildman–Crippen MR) is 84.5 cm³/mol. The molecule has 21 heavy (non-hydrogen) atoms. The summed E-state index contributed by atoms with van der Waals surface area (Å²) in [5.41, 5.74) is 1.01. The molecule has 0 spiro atoms. The molecular formula is C16H20ClN3O. The average molecular weight is 306 g/mol. The first-order valence-electron chi connectivity index (χ1n) is 7.54. The van der Waals surface area contributed by atoms with Crippen LogP contribution in [0.4, 0.5) is 5.69 Å². The van der Waals surface area contributed by atoms with Gasteiger partial charge in [0.25, 0.3) is 0 Å². The van der Waals surface area contributed by atoms with E-state index >= 15 is 0 Å². The van der Waals surface area contributed by atoms with Crippen LogP contribution in [0.3, 0.4) is 0 Å². The van der Waals surface area contributed by atoms with Gasteiger partial charge in [-0.3, -0.25) is 9.78 Å². The third-order valence-corrected chi connectivity index (χ3v) is 4.59. The molecule has 1 aliphatic carbocycles. The number of halogens is 1. The number of hydrogen-bond donors (Lipinski definition) is 0. The van der Waals surface area contributed by atoms with Gasteiger partial charge < -0.3 is 9.80 Å². The summed E-state index contributed by atoms with van der Waals surface area (Å²) in [6, 6.07) is 1.94. The Bertz CT molecular complexity index is 538. The number of aromatic nitrogens is 1. The Kier molecular flexibility index (Phi) is 4.44. The molecule has 1 atom stereocenters. The molecule has 0 aromatic carbocycles. The van der Waals surface area contributed by atoms with Crippen LogP contribution in [0.5, 0.6) is 0 Å². The fourth-order valence-electron chi connectivity index (χ4n) is 3.07. The Morgan fingerprint density at radius 3 is 2.71 bits per heavy atom. The van der Waals surface area contributed by atoms with Crippen LogP contribution in [0.1, 0.15) is 19.3 Å². The summed E-state index contributed by atoms with van der Waals surface area (Å²) in [4.78, 5) is 20.8. The lowest BCUT2D eigenvalue weighted by atomic mass is 9.93. The van der Waals surface area contributed by atoms with E-state index in [1.807, 2.05) is 11.0 Å². The van der Waals surface area contributed by atoms with E-state index in [0.29, 0.717) is 10.9 Å². The zero-order valence-electron chi connectivity index (χ0n) is 12.0. The van der Waals surface area contributed by atoms with Crippen LogP contribution < -0.4 is 4.90 Å². The minimum Gasteiger partial charge on any atom is -0.367 e. The molecule has 1 aliphatic heterocycles. The number of piperazine rings is 1. The van der Waals surface area contributed by atoms with Crippen molar-refractivity contribution in [1.82, 2.24) is 9.88 Å². The van der Waals surface area contributed by atoms with Gasteiger partial charge in [0, 0.05) is 44.5 Å². The van der Waals surface area contributed by atoms with Gasteiger partial charge in [-0.25, -0.2) is 0 Å². The molecule has 1 fully saturated rings. The normalized spacial score (nSPS) is 22.4. The molecule has 0 radical (unpaired) electrons. The van der Waals surface area contributed by atoms with Gasteiger partial charge in [-0.2, -0.15) is 0 Å². The second kappa shape index (κ2) is 6.48. The maximum Gasteiger partial charge on any atom is 0.226 e. The molecule has 0 N–H and O–H groups in total. The van der Waals surface area contributed by atoms with Crippen LogP contribution in [0.2, 0.25) is 5.02 Å². The van der Waals surface area contributed by atoms with Crippen LogP contribution in [-0.2, 0) is 4.79 Å². The number of anilines is 1. The largest absolute Gasteiger partial charge is 0.367 e. The van der Waals surface area contributed by atoms with Gasteiger partial charge in [0.05, 0.1) is 10.7 Å². The van der Waals surface area contributed by atoms with Gasteiger partial charge in [-0.05, 0) is 25.3 Å². The lowest BCUT2D eigenvalue weighted by molar-refractivity contribution is -0.136. The fourth-order valence-corrected chi connectivity index (χ4v) is 3.31. The lowest BCUT2D eigenvalue weighted by Gasteiger charge is -2.38. The van der Waals surface area contributed by atoms with E-state index in [-0.39, 0.29) is 5.92 Å². The number of rotatable bonds is 2. The van der Waals surface area contributed by atoms with E-state index < -0.39 is 0 Å². The van der Waals surface area contributed by atoms with Gasteiger partial charge in [0.1, 0.15) is 0 Å². The van der Waals surface area contributed by atoms with Gasteiger partial charge in [0.15, 0.2) is 0 Å². The van der Waals surface area contributed by atoms with E-state index in [4.69, 9.17) is 11.6 Å². The number of carbonyl (C=O) groups excluding carboxylic acids is 1. The number of amides is 1. The molecular weight excluding hydrogens is 286 g/mol. The summed E-state index contributed by atoms with van der Waals surface area (Å²) < 4.78 is 0. The third-order valence-electron chi connectivity index (χ3n) is 4.30. The Balaban J connectivity index is 1.59. The minimum absolute atomic E-state index is 0.186. The highest BCUT2D eigenvalue weighted by molar-refractivity contribution is 6.33. The molecule has 2 aliphatic rings. The monoisotopic (exact) mass is 305 g/mol. The maximum absolute atomic E-state index is 12.5. The Morgan fingerprint density at radius 2 is 2.05 bits per heavy atom. The van der Waals surface area contributed by atoms with Crippen molar-refractivity contribution >= 4 is 23.2 Å². The molecule has 5 heteroatoms. The van der Waals surface area contributed by atoms with E-state index in [0.717, 1.165) is 51.1 Å². The van der Waals surface area contributed by atoms with E-state index in [1.54, 1.807) is 12.4 Å². The molecule has 0 bridgehead atoms. The van der Waals surface area contributed by atoms with Crippen molar-refractivity contribution in [2.75, 3.05) is 31.1 Å². The first kappa shape index (κ1) is 14.4. The standard InChI is InChI=1S/C16H20ClN3O/c17-14-12-18-7-6-15(14)19-8-10-20(11-9-19)16(21)13-4-2-1-3-5-13/h1-2,6-7,12-13H,3-5,8-11H2/t13-/m1/s1. The van der Waals surface area contributed by atoms with E-state index in [2.05, 4.69) is 22.0 Å². The van der Waals surface area contributed by atoms with Crippen molar-refractivity contribution in [3.05, 3.63) is 35.6 Å². The molecule has 112 valence electrons. The lowest BCUT2D eigenvalue weighted by Crippen LogP contribution is -2.50. The minimum atomic E-state index is 0.186. The highest BCUT2D eigenvalue weighted by Crippen LogP contribution is 2.26. The van der Waals surface area contributed by atoms with Crippen molar-refractivity contribution in [1.29, 1.82) is 0 Å². The Hall–Kier alpha value is -1.55. The average Bonchev–Trinajstić information content (AvgIpc) is 2.56. The fraction of sp³-hybridized carbons (Fsp3) is 0.500. The SMILES string of the molecule is O=C([C@@H]1CC=CCC1)N1CCN(c2ccncc2Cl)CC1. The van der Waals surface area contributed by atoms with Crippen LogP contribution in [0, 0.1) is 5.92 Å². The second-order valence-electron chi connectivity index (χ2n) is 5.62. The molecule has 0 unspecified atom stereocenters. The smallest absolute Gasteiger partial charge is 0.226 e. The highest BCUT2D eigenvalue weighted by atomic mass is 35.5. The predicted octanol–water partition coefficient (Wildman–Crippen LogP) is 2.74. The topological polar surface area (TPSA) is 36.4 Å². The van der Waals surface area contributed by atoms with Crippen molar-refractivity contribution < 1.29 is 4.79 Å². The van der Waals surface area contributed by atoms with Gasteiger partial charge in [0.2, 0.25) is 5.91 Å². The van der Waals surface area contributed by atoms with E-state index in [9.17, 15) is 4.79 Å². The van der Waals surface area contributed by atoms with Crippen LogP contribution in [0.25, 0.3) is 0 Å². The molecule has 1 aromatic rings. The molecule has 2 heterocycles. The maximum atomic E-state index is 12.5. The van der Waals surface area contributed by atoms with Crippen molar-refractivity contribution in [2.24, 2.45) is 5.92 Å². The summed E-state index contributed by atoms with van der Waals surface area (Å²) >= 11 is 6.19. The summed E-state index contributed by atoms with van der Waals surface area (Å²) in [7, 11) is 0. The molecule has 0 saturated carbocycles. The number of carbonyl (C=O) groups is 1. The summed E-state index contributed by atoms with van der Waals surface area (Å²) in [5, 5.41) is 0.676. The number of allylic oxidation sites excluding steroid dienone is 2. The zero-order valence-corrected chi connectivity index (χ0v) is 12.8. The summed E-state index contributed by atoms with van der Waals surface area (Å²) in [5.74, 6) is 0.505. The van der Waals surface area contributed by atoms with Crippen LogP contribution in [-0.4, -0.2) is 42.0 Å². The Morgan fingerprint density at radius 1 is 1.24 bits per heavy atom. The molecule has 1 saturated heterocycles. The van der Waals surface area contributed by atoms with Gasteiger partial charge in [-0.15, -0.1) is 0 Å². The number of hydrogen-bond acceptors (Lipinski definition) is 3. The zero-order chi connectivity index (χ0) is 14.7. The third kappa shape index (κ3) is 3.21. The van der Waals surface area contributed by atoms with Gasteiger partial charge in [-0.1, -0.05) is 23.8 Å². The highest BCUT2D eigenvalue weighted by Gasteiger charge is 2.27. The van der Waals surface area contributed by atoms with Crippen molar-refractivity contribution in [2.45, 2.75) is 19.3 Å². The summed E-state index contributed by atoms with van der Waals surface area (Å²) in [6.45, 7) is 3.21. The molecule has 4 nitrogen and oxygen atoms in total. The number of pyridine rings is 1. The van der Waals surface area contributed by atoms with Gasteiger partial charge >= 0.3 is 0 Å². The molecule has 3 rings (SSSR count). The summed E-state index contributed by atoms with van der Waals surface area (Å²) in [6.07, 6.45) is 10.7. The van der Waals surface area contributed by atoms with E-state index in [1.165, 1.54) is 0 Å². The van der Waals surface area contributed by atoms with Crippen LogP contribution in [0.15, 0.2) is 30.6 Å². The first-order valence-corrected chi connectivity index (χ1v) is 7.92. The van der Waals surface area contributed by atoms with Crippen molar-refractivity contribution in [3.8, 4) is 0 Å². The number of nitrogens with zero attached hydrogens (tertiary/aromatic N) is 3.